The smallest absolute Gasteiger partial charge is 0.270 e. The van der Waals surface area contributed by atoms with Crippen molar-refractivity contribution in [1.82, 2.24) is 10.3 Å². The highest BCUT2D eigenvalue weighted by atomic mass is 16.5. The lowest BCUT2D eigenvalue weighted by Gasteiger charge is -2.28. The Bertz CT molecular complexity index is 525. The molecule has 0 bridgehead atoms. The molecule has 3 N–H and O–H groups in total. The summed E-state index contributed by atoms with van der Waals surface area (Å²) in [6.07, 6.45) is 3.57. The molecule has 112 valence electrons. The summed E-state index contributed by atoms with van der Waals surface area (Å²) < 4.78 is 5.34. The van der Waals surface area contributed by atoms with Crippen molar-refractivity contribution in [2.45, 2.75) is 25.8 Å². The number of nitrogens with zero attached hydrogens (tertiary/aromatic N) is 1. The van der Waals surface area contributed by atoms with Crippen molar-refractivity contribution in [3.63, 3.8) is 0 Å². The SMILES string of the molecule is CC(NC(=O)c1ccc(C#CCN)cn1)C1CCOCC1. The standard InChI is InChI=1S/C16H21N3O2/c1-12(14-6-9-21-10-7-14)19-16(20)15-5-4-13(11-18-15)3-2-8-17/h4-5,11-12,14H,6-10,17H2,1H3,(H,19,20). The molecule has 2 heterocycles. The van der Waals surface area contributed by atoms with Crippen LogP contribution in [0, 0.1) is 17.8 Å². The van der Waals surface area contributed by atoms with Crippen LogP contribution < -0.4 is 11.1 Å². The number of pyridine rings is 1. The number of amides is 1. The number of hydrogen-bond acceptors (Lipinski definition) is 4. The van der Waals surface area contributed by atoms with Gasteiger partial charge in [-0.3, -0.25) is 4.79 Å². The number of hydrogen-bond donors (Lipinski definition) is 2. The summed E-state index contributed by atoms with van der Waals surface area (Å²) in [7, 11) is 0. The molecule has 5 nitrogen and oxygen atoms in total. The van der Waals surface area contributed by atoms with Crippen molar-refractivity contribution >= 4 is 5.91 Å². The quantitative estimate of drug-likeness (QED) is 0.811. The van der Waals surface area contributed by atoms with Crippen LogP contribution in [-0.2, 0) is 4.74 Å². The van der Waals surface area contributed by atoms with Crippen LogP contribution in [0.1, 0.15) is 35.8 Å². The number of nitrogens with one attached hydrogen (secondary N) is 1. The molecule has 1 amide bonds. The maximum atomic E-state index is 12.2. The maximum absolute atomic E-state index is 12.2. The highest BCUT2D eigenvalue weighted by molar-refractivity contribution is 5.92. The van der Waals surface area contributed by atoms with Gasteiger partial charge in [-0.2, -0.15) is 0 Å². The summed E-state index contributed by atoms with van der Waals surface area (Å²) in [5.74, 6) is 5.96. The van der Waals surface area contributed by atoms with Gasteiger partial charge in [-0.25, -0.2) is 4.98 Å². The van der Waals surface area contributed by atoms with Gasteiger partial charge in [0.15, 0.2) is 0 Å². The third-order valence-corrected chi connectivity index (χ3v) is 3.66. The first-order valence-electron chi connectivity index (χ1n) is 7.24. The number of nitrogens with two attached hydrogens (primary N) is 1. The van der Waals surface area contributed by atoms with Gasteiger partial charge < -0.3 is 15.8 Å². The molecule has 0 aliphatic carbocycles. The van der Waals surface area contributed by atoms with E-state index in [1.54, 1.807) is 18.3 Å². The second-order valence-corrected chi connectivity index (χ2v) is 5.15. The van der Waals surface area contributed by atoms with Crippen molar-refractivity contribution in [3.8, 4) is 11.8 Å². The van der Waals surface area contributed by atoms with Gasteiger partial charge in [0.05, 0.1) is 6.54 Å². The molecule has 1 aromatic heterocycles. The molecule has 0 saturated carbocycles. The normalized spacial score (nSPS) is 16.7. The zero-order chi connectivity index (χ0) is 15.1. The van der Waals surface area contributed by atoms with Crippen LogP contribution in [0.3, 0.4) is 0 Å². The summed E-state index contributed by atoms with van der Waals surface area (Å²) >= 11 is 0. The maximum Gasteiger partial charge on any atom is 0.270 e. The molecule has 1 aliphatic rings. The van der Waals surface area contributed by atoms with Gasteiger partial charge in [-0.1, -0.05) is 11.8 Å². The van der Waals surface area contributed by atoms with Crippen LogP contribution in [0.5, 0.6) is 0 Å². The molecule has 21 heavy (non-hydrogen) atoms. The van der Waals surface area contributed by atoms with Crippen molar-refractivity contribution in [3.05, 3.63) is 29.6 Å². The van der Waals surface area contributed by atoms with Gasteiger partial charge in [0.2, 0.25) is 0 Å². The van der Waals surface area contributed by atoms with E-state index in [0.29, 0.717) is 18.2 Å². The Labute approximate surface area is 125 Å². The van der Waals surface area contributed by atoms with E-state index in [-0.39, 0.29) is 11.9 Å². The lowest BCUT2D eigenvalue weighted by Crippen LogP contribution is -2.40. The van der Waals surface area contributed by atoms with Crippen molar-refractivity contribution in [1.29, 1.82) is 0 Å². The molecule has 2 rings (SSSR count). The number of ether oxygens (including phenoxy) is 1. The van der Waals surface area contributed by atoms with Gasteiger partial charge in [0.1, 0.15) is 5.69 Å². The molecule has 0 radical (unpaired) electrons. The van der Waals surface area contributed by atoms with Crippen LogP contribution in [0.4, 0.5) is 0 Å². The second-order valence-electron chi connectivity index (χ2n) is 5.15. The number of carbonyl (C=O) groups is 1. The lowest BCUT2D eigenvalue weighted by atomic mass is 9.93. The monoisotopic (exact) mass is 287 g/mol. The molecule has 0 spiro atoms. The summed E-state index contributed by atoms with van der Waals surface area (Å²) in [5.41, 5.74) is 6.48. The molecule has 1 aliphatic heterocycles. The average Bonchev–Trinajstić information content (AvgIpc) is 2.54. The molecule has 1 aromatic rings. The minimum Gasteiger partial charge on any atom is -0.381 e. The predicted octanol–water partition coefficient (Wildman–Crippen LogP) is 0.937. The zero-order valence-corrected chi connectivity index (χ0v) is 12.3. The van der Waals surface area contributed by atoms with E-state index in [4.69, 9.17) is 10.5 Å². The minimum atomic E-state index is -0.146. The van der Waals surface area contributed by atoms with Crippen LogP contribution in [0.2, 0.25) is 0 Å². The Hall–Kier alpha value is -1.90. The van der Waals surface area contributed by atoms with E-state index in [9.17, 15) is 4.79 Å². The van der Waals surface area contributed by atoms with E-state index in [2.05, 4.69) is 22.1 Å². The van der Waals surface area contributed by atoms with E-state index < -0.39 is 0 Å². The fraction of sp³-hybridized carbons (Fsp3) is 0.500. The number of aromatic nitrogens is 1. The number of carbonyl (C=O) groups excluding carboxylic acids is 1. The first-order chi connectivity index (χ1) is 10.2. The van der Waals surface area contributed by atoms with Crippen molar-refractivity contribution in [2.24, 2.45) is 11.7 Å². The highest BCUT2D eigenvalue weighted by Crippen LogP contribution is 2.18. The van der Waals surface area contributed by atoms with E-state index >= 15 is 0 Å². The van der Waals surface area contributed by atoms with Gasteiger partial charge in [-0.05, 0) is 37.8 Å². The van der Waals surface area contributed by atoms with E-state index in [1.165, 1.54) is 0 Å². The molecule has 1 saturated heterocycles. The lowest BCUT2D eigenvalue weighted by molar-refractivity contribution is 0.0537. The second kappa shape index (κ2) is 7.77. The third kappa shape index (κ3) is 4.55. The summed E-state index contributed by atoms with van der Waals surface area (Å²) in [5, 5.41) is 3.02. The Kier molecular flexibility index (Phi) is 5.73. The molecular weight excluding hydrogens is 266 g/mol. The summed E-state index contributed by atoms with van der Waals surface area (Å²) in [6, 6.07) is 3.59. The predicted molar refractivity (Wildman–Crippen MR) is 80.6 cm³/mol. The van der Waals surface area contributed by atoms with Crippen molar-refractivity contribution in [2.75, 3.05) is 19.8 Å². The third-order valence-electron chi connectivity index (χ3n) is 3.66. The largest absolute Gasteiger partial charge is 0.381 e. The fourth-order valence-electron chi connectivity index (χ4n) is 2.37. The van der Waals surface area contributed by atoms with E-state index in [1.807, 2.05) is 6.92 Å². The van der Waals surface area contributed by atoms with Gasteiger partial charge in [0, 0.05) is 31.0 Å². The Morgan fingerprint density at radius 1 is 1.52 bits per heavy atom. The van der Waals surface area contributed by atoms with Crippen molar-refractivity contribution < 1.29 is 9.53 Å². The molecule has 1 fully saturated rings. The highest BCUT2D eigenvalue weighted by Gasteiger charge is 2.22. The summed E-state index contributed by atoms with van der Waals surface area (Å²) in [6.45, 7) is 3.90. The Morgan fingerprint density at radius 2 is 2.29 bits per heavy atom. The van der Waals surface area contributed by atoms with Crippen LogP contribution in [0.25, 0.3) is 0 Å². The fourth-order valence-corrected chi connectivity index (χ4v) is 2.37. The van der Waals surface area contributed by atoms with Crippen LogP contribution in [-0.4, -0.2) is 36.7 Å². The molecular formula is C16H21N3O2. The van der Waals surface area contributed by atoms with Crippen LogP contribution >= 0.6 is 0 Å². The zero-order valence-electron chi connectivity index (χ0n) is 12.3. The molecule has 1 atom stereocenters. The Balaban J connectivity index is 1.93. The van der Waals surface area contributed by atoms with Gasteiger partial charge >= 0.3 is 0 Å². The number of rotatable bonds is 3. The molecule has 5 heteroatoms. The Morgan fingerprint density at radius 3 is 2.90 bits per heavy atom. The van der Waals surface area contributed by atoms with Gasteiger partial charge in [0.25, 0.3) is 5.91 Å². The minimum absolute atomic E-state index is 0.125. The van der Waals surface area contributed by atoms with Gasteiger partial charge in [-0.15, -0.1) is 0 Å². The topological polar surface area (TPSA) is 77.2 Å². The summed E-state index contributed by atoms with van der Waals surface area (Å²) in [4.78, 5) is 16.3. The molecule has 0 aromatic carbocycles. The first-order valence-corrected chi connectivity index (χ1v) is 7.24. The first kappa shape index (κ1) is 15.5. The molecule has 1 unspecified atom stereocenters. The van der Waals surface area contributed by atoms with Crippen LogP contribution in [0.15, 0.2) is 18.3 Å². The average molecular weight is 287 g/mol. The van der Waals surface area contributed by atoms with E-state index in [0.717, 1.165) is 31.6 Å².